The first-order valence-electron chi connectivity index (χ1n) is 5.43. The highest BCUT2D eigenvalue weighted by Gasteiger charge is 2.14. The lowest BCUT2D eigenvalue weighted by molar-refractivity contribution is 0.0695. The number of methoxy groups -OCH3 is 1. The molecule has 6 heteroatoms. The fraction of sp³-hybridized carbons (Fsp3) is 0.154. The third-order valence-electron chi connectivity index (χ3n) is 2.61. The second-order valence-electron chi connectivity index (χ2n) is 3.84. The first kappa shape index (κ1) is 13.3. The van der Waals surface area contributed by atoms with Crippen molar-refractivity contribution in [3.8, 4) is 17.1 Å². The van der Waals surface area contributed by atoms with Crippen LogP contribution in [0.1, 0.15) is 16.1 Å². The highest BCUT2D eigenvalue weighted by Crippen LogP contribution is 2.30. The van der Waals surface area contributed by atoms with Gasteiger partial charge in [-0.15, -0.1) is 0 Å². The fourth-order valence-electron chi connectivity index (χ4n) is 1.66. The first-order chi connectivity index (χ1) is 9.02. The summed E-state index contributed by atoms with van der Waals surface area (Å²) >= 11 is 5.88. The second kappa shape index (κ2) is 5.24. The molecule has 5 nitrogen and oxygen atoms in total. The summed E-state index contributed by atoms with van der Waals surface area (Å²) in [4.78, 5) is 19.2. The van der Waals surface area contributed by atoms with Gasteiger partial charge >= 0.3 is 5.97 Å². The molecule has 0 aliphatic rings. The molecular weight excluding hydrogens is 268 g/mol. The molecule has 1 aromatic carbocycles. The Morgan fingerprint density at radius 1 is 1.42 bits per heavy atom. The van der Waals surface area contributed by atoms with Gasteiger partial charge in [0.2, 0.25) is 0 Å². The Hall–Kier alpha value is -2.14. The van der Waals surface area contributed by atoms with E-state index >= 15 is 0 Å². The molecule has 1 heterocycles. The molecule has 0 bridgehead atoms. The predicted octanol–water partition coefficient (Wildman–Crippen LogP) is 2.81. The molecule has 1 N–H and O–H groups in total. The Labute approximate surface area is 114 Å². The molecule has 0 saturated carbocycles. The number of benzene rings is 1. The molecule has 2 rings (SSSR count). The number of rotatable bonds is 3. The number of nitrogens with zero attached hydrogens (tertiary/aromatic N) is 2. The third-order valence-corrected chi connectivity index (χ3v) is 2.85. The lowest BCUT2D eigenvalue weighted by Crippen LogP contribution is -2.04. The molecule has 0 unspecified atom stereocenters. The van der Waals surface area contributed by atoms with E-state index in [1.165, 1.54) is 13.3 Å². The van der Waals surface area contributed by atoms with Crippen LogP contribution in [0, 0.1) is 6.92 Å². The summed E-state index contributed by atoms with van der Waals surface area (Å²) in [5.74, 6) is -0.113. The molecule has 0 fully saturated rings. The van der Waals surface area contributed by atoms with Gasteiger partial charge in [-0.3, -0.25) is 0 Å². The highest BCUT2D eigenvalue weighted by molar-refractivity contribution is 6.30. The molecule has 0 spiro atoms. The maximum Gasteiger partial charge on any atom is 0.339 e. The third kappa shape index (κ3) is 2.66. The number of hydrogen-bond acceptors (Lipinski definition) is 4. The van der Waals surface area contributed by atoms with E-state index < -0.39 is 5.97 Å². The number of hydrogen-bond donors (Lipinski definition) is 1. The number of carbonyl (C=O) groups is 1. The first-order valence-corrected chi connectivity index (χ1v) is 5.81. The minimum absolute atomic E-state index is 0.0803. The van der Waals surface area contributed by atoms with E-state index in [1.807, 2.05) is 0 Å². The molecule has 19 heavy (non-hydrogen) atoms. The van der Waals surface area contributed by atoms with Crippen LogP contribution >= 0.6 is 11.6 Å². The molecule has 0 aliphatic heterocycles. The van der Waals surface area contributed by atoms with Gasteiger partial charge in [-0.2, -0.15) is 0 Å². The maximum absolute atomic E-state index is 10.9. The largest absolute Gasteiger partial charge is 0.496 e. The summed E-state index contributed by atoms with van der Waals surface area (Å²) in [5.41, 5.74) is 1.14. The number of halogens is 1. The molecule has 0 radical (unpaired) electrons. The van der Waals surface area contributed by atoms with Crippen molar-refractivity contribution in [3.63, 3.8) is 0 Å². The standard InChI is InChI=1S/C13H11ClN2O3/c1-7-10(13(17)18)6-15-12(16-7)9-4-3-8(14)5-11(9)19-2/h3-6H,1-2H3,(H,17,18). The van der Waals surface area contributed by atoms with Crippen LogP contribution in [0.25, 0.3) is 11.4 Å². The van der Waals surface area contributed by atoms with E-state index in [1.54, 1.807) is 25.1 Å². The number of aromatic nitrogens is 2. The molecule has 0 atom stereocenters. The van der Waals surface area contributed by atoms with Crippen LogP contribution < -0.4 is 4.74 Å². The molecule has 0 saturated heterocycles. The average Bonchev–Trinajstić information content (AvgIpc) is 2.37. The van der Waals surface area contributed by atoms with Crippen LogP contribution in [0.5, 0.6) is 5.75 Å². The van der Waals surface area contributed by atoms with Crippen molar-refractivity contribution in [2.24, 2.45) is 0 Å². The molecular formula is C13H11ClN2O3. The van der Waals surface area contributed by atoms with E-state index in [9.17, 15) is 4.79 Å². The van der Waals surface area contributed by atoms with Gasteiger partial charge in [0.25, 0.3) is 0 Å². The zero-order valence-corrected chi connectivity index (χ0v) is 11.1. The SMILES string of the molecule is COc1cc(Cl)ccc1-c1ncc(C(=O)O)c(C)n1. The summed E-state index contributed by atoms with van der Waals surface area (Å²) in [5, 5.41) is 9.48. The molecule has 1 aromatic heterocycles. The van der Waals surface area contributed by atoms with E-state index in [0.29, 0.717) is 27.9 Å². The van der Waals surface area contributed by atoms with Gasteiger partial charge in [0.05, 0.1) is 23.9 Å². The fourth-order valence-corrected chi connectivity index (χ4v) is 1.82. The number of carboxylic acid groups (broad SMARTS) is 1. The van der Waals surface area contributed by atoms with Crippen LogP contribution in [0.2, 0.25) is 5.02 Å². The number of ether oxygens (including phenoxy) is 1. The Morgan fingerprint density at radius 2 is 2.16 bits per heavy atom. The van der Waals surface area contributed by atoms with E-state index in [4.69, 9.17) is 21.4 Å². The summed E-state index contributed by atoms with van der Waals surface area (Å²) in [6, 6.07) is 5.08. The van der Waals surface area contributed by atoms with Crippen LogP contribution in [-0.4, -0.2) is 28.2 Å². The number of carboxylic acids is 1. The van der Waals surface area contributed by atoms with Crippen molar-refractivity contribution in [1.82, 2.24) is 9.97 Å². The van der Waals surface area contributed by atoms with Gasteiger partial charge < -0.3 is 9.84 Å². The van der Waals surface area contributed by atoms with Crippen LogP contribution in [0.15, 0.2) is 24.4 Å². The summed E-state index contributed by atoms with van der Waals surface area (Å²) in [7, 11) is 1.52. The van der Waals surface area contributed by atoms with E-state index in [2.05, 4.69) is 9.97 Å². The Morgan fingerprint density at radius 3 is 2.74 bits per heavy atom. The Balaban J connectivity index is 2.54. The van der Waals surface area contributed by atoms with Crippen LogP contribution in [0.3, 0.4) is 0 Å². The van der Waals surface area contributed by atoms with Gasteiger partial charge in [-0.1, -0.05) is 11.6 Å². The minimum Gasteiger partial charge on any atom is -0.496 e. The van der Waals surface area contributed by atoms with Gasteiger partial charge in [0.1, 0.15) is 5.75 Å². The van der Waals surface area contributed by atoms with Crippen LogP contribution in [-0.2, 0) is 0 Å². The van der Waals surface area contributed by atoms with Crippen molar-refractivity contribution in [2.45, 2.75) is 6.92 Å². The predicted molar refractivity (Wildman–Crippen MR) is 70.7 cm³/mol. The highest BCUT2D eigenvalue weighted by atomic mass is 35.5. The van der Waals surface area contributed by atoms with E-state index in [-0.39, 0.29) is 5.56 Å². The van der Waals surface area contributed by atoms with Crippen molar-refractivity contribution < 1.29 is 14.6 Å². The summed E-state index contributed by atoms with van der Waals surface area (Å²) in [6.45, 7) is 1.62. The van der Waals surface area contributed by atoms with Crippen LogP contribution in [0.4, 0.5) is 0 Å². The quantitative estimate of drug-likeness (QED) is 0.934. The van der Waals surface area contributed by atoms with Crippen molar-refractivity contribution in [2.75, 3.05) is 7.11 Å². The second-order valence-corrected chi connectivity index (χ2v) is 4.28. The Kier molecular flexibility index (Phi) is 3.66. The summed E-state index contributed by atoms with van der Waals surface area (Å²) in [6.07, 6.45) is 1.29. The lowest BCUT2D eigenvalue weighted by Gasteiger charge is -2.09. The topological polar surface area (TPSA) is 72.3 Å². The number of aromatic carboxylic acids is 1. The monoisotopic (exact) mass is 278 g/mol. The molecule has 0 amide bonds. The zero-order valence-electron chi connectivity index (χ0n) is 10.3. The van der Waals surface area contributed by atoms with Gasteiger partial charge in [-0.25, -0.2) is 14.8 Å². The van der Waals surface area contributed by atoms with E-state index in [0.717, 1.165) is 0 Å². The zero-order chi connectivity index (χ0) is 14.0. The smallest absolute Gasteiger partial charge is 0.339 e. The normalized spacial score (nSPS) is 10.3. The van der Waals surface area contributed by atoms with Crippen molar-refractivity contribution in [3.05, 3.63) is 40.7 Å². The van der Waals surface area contributed by atoms with Gasteiger partial charge in [0, 0.05) is 11.2 Å². The van der Waals surface area contributed by atoms with Gasteiger partial charge in [0.15, 0.2) is 5.82 Å². The number of aryl methyl sites for hydroxylation is 1. The molecule has 98 valence electrons. The average molecular weight is 279 g/mol. The minimum atomic E-state index is -1.05. The molecule has 0 aliphatic carbocycles. The molecule has 2 aromatic rings. The van der Waals surface area contributed by atoms with Crippen molar-refractivity contribution in [1.29, 1.82) is 0 Å². The lowest BCUT2D eigenvalue weighted by atomic mass is 10.1. The maximum atomic E-state index is 10.9. The summed E-state index contributed by atoms with van der Waals surface area (Å²) < 4.78 is 5.22. The Bertz CT molecular complexity index is 644. The van der Waals surface area contributed by atoms with Crippen molar-refractivity contribution >= 4 is 17.6 Å². The van der Waals surface area contributed by atoms with Gasteiger partial charge in [-0.05, 0) is 25.1 Å².